The van der Waals surface area contributed by atoms with Gasteiger partial charge in [-0.05, 0) is 24.3 Å². The number of aliphatic hydroxyl groups is 1. The van der Waals surface area contributed by atoms with Crippen LogP contribution in [0.15, 0.2) is 73.3 Å². The normalized spacial score (nSPS) is 21.7. The highest BCUT2D eigenvalue weighted by Gasteiger charge is 2.48. The minimum atomic E-state index is -1.32. The van der Waals surface area contributed by atoms with Gasteiger partial charge in [-0.3, -0.25) is 4.57 Å². The third kappa shape index (κ3) is 4.59. The van der Waals surface area contributed by atoms with E-state index >= 15 is 0 Å². The number of halogens is 1. The van der Waals surface area contributed by atoms with E-state index in [0.29, 0.717) is 22.3 Å². The molecule has 35 heavy (non-hydrogen) atoms. The van der Waals surface area contributed by atoms with Crippen molar-refractivity contribution in [1.82, 2.24) is 19.5 Å². The summed E-state index contributed by atoms with van der Waals surface area (Å²) in [6, 6.07) is 16.8. The van der Waals surface area contributed by atoms with Crippen LogP contribution < -0.4 is 0 Å². The van der Waals surface area contributed by atoms with Crippen LogP contribution in [0.1, 0.15) is 26.9 Å². The number of nitrogens with zero attached hydrogens (tertiary/aromatic N) is 4. The molecule has 1 saturated heterocycles. The molecule has 1 N–H and O–H groups in total. The van der Waals surface area contributed by atoms with Gasteiger partial charge in [0.1, 0.15) is 30.7 Å². The van der Waals surface area contributed by atoms with Crippen LogP contribution in [-0.4, -0.2) is 61.5 Å². The van der Waals surface area contributed by atoms with Crippen molar-refractivity contribution in [3.8, 4) is 0 Å². The molecule has 4 atom stereocenters. The zero-order valence-corrected chi connectivity index (χ0v) is 18.9. The smallest absolute Gasteiger partial charge is 0.338 e. The van der Waals surface area contributed by atoms with Crippen molar-refractivity contribution < 1.29 is 28.9 Å². The topological polar surface area (TPSA) is 126 Å². The predicted molar refractivity (Wildman–Crippen MR) is 123 cm³/mol. The fourth-order valence-corrected chi connectivity index (χ4v) is 4.00. The summed E-state index contributed by atoms with van der Waals surface area (Å²) in [5.41, 5.74) is 1.30. The van der Waals surface area contributed by atoms with E-state index in [0.717, 1.165) is 0 Å². The van der Waals surface area contributed by atoms with Crippen LogP contribution in [0.5, 0.6) is 0 Å². The second kappa shape index (κ2) is 9.79. The molecule has 0 unspecified atom stereocenters. The van der Waals surface area contributed by atoms with Crippen molar-refractivity contribution in [2.75, 3.05) is 6.61 Å². The number of esters is 2. The molecule has 0 radical (unpaired) electrons. The summed E-state index contributed by atoms with van der Waals surface area (Å²) in [6.45, 7) is -0.267. The molecule has 1 fully saturated rings. The van der Waals surface area contributed by atoms with E-state index in [9.17, 15) is 14.7 Å². The molecule has 4 aromatic rings. The molecule has 0 spiro atoms. The lowest BCUT2D eigenvalue weighted by Gasteiger charge is -2.20. The Bertz CT molecular complexity index is 1350. The molecule has 2 aromatic carbocycles. The Labute approximate surface area is 204 Å². The highest BCUT2D eigenvalue weighted by Crippen LogP contribution is 2.34. The molecule has 11 heteroatoms. The highest BCUT2D eigenvalue weighted by atomic mass is 35.5. The van der Waals surface area contributed by atoms with Crippen LogP contribution in [-0.2, 0) is 14.2 Å². The number of hydrogen-bond donors (Lipinski definition) is 1. The van der Waals surface area contributed by atoms with Crippen LogP contribution in [0.3, 0.4) is 0 Å². The standard InChI is InChI=1S/C24H19ClN4O6/c25-20-17-21(27-12-26-20)29(13-28-17)22-18(30)19(35-24(32)15-9-5-2-6-10-15)16(34-22)11-33-23(31)14-7-3-1-4-8-14/h1-10,12-13,16,18-19,22,30H,11H2/t16-,18-,19-,22-/m1/s1. The van der Waals surface area contributed by atoms with E-state index in [1.807, 2.05) is 0 Å². The third-order valence-electron chi connectivity index (χ3n) is 5.54. The van der Waals surface area contributed by atoms with Crippen LogP contribution in [0.2, 0.25) is 5.15 Å². The van der Waals surface area contributed by atoms with Crippen molar-refractivity contribution in [1.29, 1.82) is 0 Å². The molecule has 0 aliphatic carbocycles. The molecular weight excluding hydrogens is 476 g/mol. The van der Waals surface area contributed by atoms with Gasteiger partial charge < -0.3 is 19.3 Å². The number of hydrogen-bond acceptors (Lipinski definition) is 9. The summed E-state index contributed by atoms with van der Waals surface area (Å²) in [5.74, 6) is -1.23. The van der Waals surface area contributed by atoms with Crippen molar-refractivity contribution >= 4 is 34.7 Å². The van der Waals surface area contributed by atoms with E-state index in [1.54, 1.807) is 60.7 Å². The summed E-state index contributed by atoms with van der Waals surface area (Å²) in [7, 11) is 0. The Morgan fingerprint density at radius 2 is 1.63 bits per heavy atom. The number of aromatic nitrogens is 4. The molecule has 2 aromatic heterocycles. The first-order valence-electron chi connectivity index (χ1n) is 10.7. The third-order valence-corrected chi connectivity index (χ3v) is 5.82. The van der Waals surface area contributed by atoms with Gasteiger partial charge in [-0.2, -0.15) is 0 Å². The van der Waals surface area contributed by atoms with E-state index < -0.39 is 36.5 Å². The van der Waals surface area contributed by atoms with Gasteiger partial charge in [-0.1, -0.05) is 48.0 Å². The van der Waals surface area contributed by atoms with Crippen LogP contribution in [0, 0.1) is 0 Å². The number of rotatable bonds is 6. The molecule has 3 heterocycles. The molecule has 0 amide bonds. The molecule has 5 rings (SSSR count). The maximum absolute atomic E-state index is 12.7. The number of ether oxygens (including phenoxy) is 3. The average Bonchev–Trinajstić information content (AvgIpc) is 3.45. The Morgan fingerprint density at radius 1 is 0.971 bits per heavy atom. The first-order valence-corrected chi connectivity index (χ1v) is 11.1. The molecule has 0 bridgehead atoms. The molecule has 1 aliphatic heterocycles. The Morgan fingerprint density at radius 3 is 2.31 bits per heavy atom. The van der Waals surface area contributed by atoms with Crippen LogP contribution >= 0.6 is 11.6 Å². The lowest BCUT2D eigenvalue weighted by molar-refractivity contribution is -0.0585. The SMILES string of the molecule is O=C(OC[C@H]1O[C@@H](n2cnc3c(Cl)ncnc32)[C@H](O)[C@@H]1OC(=O)c1ccccc1)c1ccccc1. The van der Waals surface area contributed by atoms with E-state index in [4.69, 9.17) is 25.8 Å². The van der Waals surface area contributed by atoms with E-state index in [1.165, 1.54) is 17.2 Å². The van der Waals surface area contributed by atoms with Gasteiger partial charge in [-0.25, -0.2) is 24.5 Å². The molecule has 1 aliphatic rings. The second-order valence-electron chi connectivity index (χ2n) is 7.74. The zero-order valence-electron chi connectivity index (χ0n) is 18.1. The first kappa shape index (κ1) is 22.9. The number of carbonyl (C=O) groups excluding carboxylic acids is 2. The largest absolute Gasteiger partial charge is 0.459 e. The fourth-order valence-electron chi connectivity index (χ4n) is 3.82. The second-order valence-corrected chi connectivity index (χ2v) is 8.10. The summed E-state index contributed by atoms with van der Waals surface area (Å²) < 4.78 is 18.5. The van der Waals surface area contributed by atoms with E-state index in [2.05, 4.69) is 15.0 Å². The van der Waals surface area contributed by atoms with Crippen molar-refractivity contribution in [2.24, 2.45) is 0 Å². The van der Waals surface area contributed by atoms with Crippen LogP contribution in [0.4, 0.5) is 0 Å². The first-order chi connectivity index (χ1) is 17.0. The predicted octanol–water partition coefficient (Wildman–Crippen LogP) is 2.82. The molecular formula is C24H19ClN4O6. The van der Waals surface area contributed by atoms with Crippen molar-refractivity contribution in [3.63, 3.8) is 0 Å². The van der Waals surface area contributed by atoms with Gasteiger partial charge in [0.2, 0.25) is 0 Å². The van der Waals surface area contributed by atoms with Gasteiger partial charge in [-0.15, -0.1) is 0 Å². The summed E-state index contributed by atoms with van der Waals surface area (Å²) in [6.07, 6.45) is -1.82. The Hall–Kier alpha value is -3.86. The van der Waals surface area contributed by atoms with E-state index in [-0.39, 0.29) is 11.8 Å². The van der Waals surface area contributed by atoms with Crippen LogP contribution in [0.25, 0.3) is 11.2 Å². The highest BCUT2D eigenvalue weighted by molar-refractivity contribution is 6.33. The monoisotopic (exact) mass is 494 g/mol. The fraction of sp³-hybridized carbons (Fsp3) is 0.208. The lowest BCUT2D eigenvalue weighted by Crippen LogP contribution is -2.38. The minimum absolute atomic E-state index is 0.140. The number of aliphatic hydroxyl groups excluding tert-OH is 1. The van der Waals surface area contributed by atoms with Crippen molar-refractivity contribution in [2.45, 2.75) is 24.5 Å². The quantitative estimate of drug-likeness (QED) is 0.318. The van der Waals surface area contributed by atoms with Gasteiger partial charge in [0.15, 0.2) is 23.1 Å². The molecule has 0 saturated carbocycles. The number of imidazole rings is 1. The molecule has 10 nitrogen and oxygen atoms in total. The maximum atomic E-state index is 12.7. The number of fused-ring (bicyclic) bond motifs is 1. The summed E-state index contributed by atoms with van der Waals surface area (Å²) in [4.78, 5) is 37.5. The number of benzene rings is 2. The minimum Gasteiger partial charge on any atom is -0.459 e. The maximum Gasteiger partial charge on any atom is 0.338 e. The van der Waals surface area contributed by atoms with Gasteiger partial charge in [0.05, 0.1) is 17.5 Å². The lowest BCUT2D eigenvalue weighted by atomic mass is 10.1. The Kier molecular flexibility index (Phi) is 6.41. The summed E-state index contributed by atoms with van der Waals surface area (Å²) >= 11 is 6.09. The summed E-state index contributed by atoms with van der Waals surface area (Å²) in [5, 5.41) is 11.3. The van der Waals surface area contributed by atoms with Crippen molar-refractivity contribution in [3.05, 3.63) is 89.6 Å². The Balaban J connectivity index is 1.40. The van der Waals surface area contributed by atoms with Gasteiger partial charge in [0.25, 0.3) is 0 Å². The van der Waals surface area contributed by atoms with Gasteiger partial charge in [0, 0.05) is 0 Å². The average molecular weight is 495 g/mol. The van der Waals surface area contributed by atoms with Gasteiger partial charge >= 0.3 is 11.9 Å². The zero-order chi connectivity index (χ0) is 24.4. The number of carbonyl (C=O) groups is 2. The molecule has 178 valence electrons.